The standard InChI is InChI=1S/C16H21N3O4S/c1-22-14-6-4-7-16(9-14)24(20,21)18-13-10-17-19(11-13)12-15-5-2-3-8-23-15/h4,6-7,9-11,15,18H,2-3,5,8,12H2,1H3. The molecule has 0 aliphatic carbocycles. The molecule has 1 aliphatic heterocycles. The molecule has 0 spiro atoms. The number of anilines is 1. The van der Waals surface area contributed by atoms with Gasteiger partial charge in [-0.25, -0.2) is 8.42 Å². The highest BCUT2D eigenvalue weighted by molar-refractivity contribution is 7.92. The summed E-state index contributed by atoms with van der Waals surface area (Å²) in [5, 5.41) is 4.21. The molecule has 130 valence electrons. The fourth-order valence-electron chi connectivity index (χ4n) is 2.66. The number of ether oxygens (including phenoxy) is 2. The molecular weight excluding hydrogens is 330 g/mol. The van der Waals surface area contributed by atoms with Gasteiger partial charge in [-0.3, -0.25) is 9.40 Å². The van der Waals surface area contributed by atoms with E-state index in [9.17, 15) is 8.42 Å². The zero-order valence-corrected chi connectivity index (χ0v) is 14.3. The van der Waals surface area contributed by atoms with Gasteiger partial charge in [0.1, 0.15) is 5.75 Å². The molecule has 1 atom stereocenters. The average Bonchev–Trinajstić information content (AvgIpc) is 3.02. The molecule has 0 radical (unpaired) electrons. The predicted octanol–water partition coefficient (Wildman–Crippen LogP) is 2.26. The number of sulfonamides is 1. The van der Waals surface area contributed by atoms with Gasteiger partial charge in [-0.05, 0) is 31.4 Å². The number of benzene rings is 1. The van der Waals surface area contributed by atoms with Crippen molar-refractivity contribution in [2.75, 3.05) is 18.4 Å². The third kappa shape index (κ3) is 4.07. The van der Waals surface area contributed by atoms with Crippen molar-refractivity contribution in [1.82, 2.24) is 9.78 Å². The van der Waals surface area contributed by atoms with Gasteiger partial charge in [0.15, 0.2) is 0 Å². The number of nitrogens with one attached hydrogen (secondary N) is 1. The molecule has 3 rings (SSSR count). The predicted molar refractivity (Wildman–Crippen MR) is 89.6 cm³/mol. The second-order valence-electron chi connectivity index (χ2n) is 5.72. The average molecular weight is 351 g/mol. The lowest BCUT2D eigenvalue weighted by molar-refractivity contribution is 0.00401. The molecule has 1 aromatic carbocycles. The highest BCUT2D eigenvalue weighted by Crippen LogP contribution is 2.20. The Balaban J connectivity index is 1.68. The smallest absolute Gasteiger partial charge is 0.262 e. The monoisotopic (exact) mass is 351 g/mol. The van der Waals surface area contributed by atoms with Gasteiger partial charge in [0, 0.05) is 18.9 Å². The molecule has 1 aromatic heterocycles. The summed E-state index contributed by atoms with van der Waals surface area (Å²) in [5.41, 5.74) is 0.425. The van der Waals surface area contributed by atoms with E-state index >= 15 is 0 Å². The summed E-state index contributed by atoms with van der Waals surface area (Å²) in [4.78, 5) is 0.144. The van der Waals surface area contributed by atoms with Crippen LogP contribution in [0.5, 0.6) is 5.75 Å². The molecule has 2 heterocycles. The lowest BCUT2D eigenvalue weighted by Crippen LogP contribution is -2.24. The van der Waals surface area contributed by atoms with Crippen molar-refractivity contribution in [1.29, 1.82) is 0 Å². The Morgan fingerprint density at radius 3 is 3.04 bits per heavy atom. The third-order valence-electron chi connectivity index (χ3n) is 3.90. The van der Waals surface area contributed by atoms with Crippen molar-refractivity contribution in [3.05, 3.63) is 36.7 Å². The maximum absolute atomic E-state index is 12.4. The molecule has 2 aromatic rings. The molecule has 1 unspecified atom stereocenters. The lowest BCUT2D eigenvalue weighted by Gasteiger charge is -2.22. The van der Waals surface area contributed by atoms with Crippen LogP contribution in [0.3, 0.4) is 0 Å². The minimum Gasteiger partial charge on any atom is -0.497 e. The Morgan fingerprint density at radius 2 is 2.29 bits per heavy atom. The Kier molecular flexibility index (Phi) is 5.06. The first-order valence-electron chi connectivity index (χ1n) is 7.88. The summed E-state index contributed by atoms with van der Waals surface area (Å²) in [6.45, 7) is 1.40. The number of rotatable bonds is 6. The molecule has 24 heavy (non-hydrogen) atoms. The van der Waals surface area contributed by atoms with Gasteiger partial charge < -0.3 is 9.47 Å². The normalized spacial score (nSPS) is 18.3. The van der Waals surface area contributed by atoms with Crippen LogP contribution in [0.2, 0.25) is 0 Å². The van der Waals surface area contributed by atoms with Gasteiger partial charge in [0.2, 0.25) is 0 Å². The molecule has 8 heteroatoms. The zero-order chi connectivity index (χ0) is 17.0. The van der Waals surface area contributed by atoms with Crippen LogP contribution in [-0.2, 0) is 21.3 Å². The first kappa shape index (κ1) is 16.8. The van der Waals surface area contributed by atoms with Gasteiger partial charge in [-0.1, -0.05) is 6.07 Å². The van der Waals surface area contributed by atoms with Crippen LogP contribution in [0.25, 0.3) is 0 Å². The first-order chi connectivity index (χ1) is 11.6. The Hall–Kier alpha value is -2.06. The van der Waals surface area contributed by atoms with Crippen molar-refractivity contribution in [2.24, 2.45) is 0 Å². The zero-order valence-electron chi connectivity index (χ0n) is 13.5. The van der Waals surface area contributed by atoms with Crippen LogP contribution >= 0.6 is 0 Å². The molecule has 1 N–H and O–H groups in total. The number of aromatic nitrogens is 2. The summed E-state index contributed by atoms with van der Waals surface area (Å²) in [7, 11) is -2.18. The van der Waals surface area contributed by atoms with E-state index in [1.807, 2.05) is 0 Å². The summed E-state index contributed by atoms with van der Waals surface area (Å²) in [5.74, 6) is 0.489. The van der Waals surface area contributed by atoms with Crippen molar-refractivity contribution in [3.63, 3.8) is 0 Å². The van der Waals surface area contributed by atoms with Gasteiger partial charge in [0.05, 0.1) is 36.5 Å². The van der Waals surface area contributed by atoms with Crippen LogP contribution in [0.1, 0.15) is 19.3 Å². The SMILES string of the molecule is COc1cccc(S(=O)(=O)Nc2cnn(CC3CCCCO3)c2)c1. The Bertz CT molecular complexity index is 782. The van der Waals surface area contributed by atoms with Gasteiger partial charge in [0.25, 0.3) is 10.0 Å². The number of hydrogen-bond donors (Lipinski definition) is 1. The quantitative estimate of drug-likeness (QED) is 0.863. The fourth-order valence-corrected chi connectivity index (χ4v) is 3.72. The summed E-state index contributed by atoms with van der Waals surface area (Å²) < 4.78 is 39.9. The van der Waals surface area contributed by atoms with Crippen molar-refractivity contribution in [2.45, 2.75) is 36.8 Å². The van der Waals surface area contributed by atoms with E-state index in [4.69, 9.17) is 9.47 Å². The van der Waals surface area contributed by atoms with Gasteiger partial charge >= 0.3 is 0 Å². The molecule has 1 aliphatic rings. The highest BCUT2D eigenvalue weighted by Gasteiger charge is 2.18. The van der Waals surface area contributed by atoms with Gasteiger partial charge in [-0.15, -0.1) is 0 Å². The lowest BCUT2D eigenvalue weighted by atomic mass is 10.1. The van der Waals surface area contributed by atoms with Crippen molar-refractivity contribution >= 4 is 15.7 Å². The van der Waals surface area contributed by atoms with E-state index in [0.717, 1.165) is 25.9 Å². The third-order valence-corrected chi connectivity index (χ3v) is 5.28. The first-order valence-corrected chi connectivity index (χ1v) is 9.36. The second-order valence-corrected chi connectivity index (χ2v) is 7.41. The van der Waals surface area contributed by atoms with Crippen LogP contribution < -0.4 is 9.46 Å². The molecule has 7 nitrogen and oxygen atoms in total. The van der Waals surface area contributed by atoms with Crippen LogP contribution in [0.15, 0.2) is 41.6 Å². The topological polar surface area (TPSA) is 82.5 Å². The van der Waals surface area contributed by atoms with Crippen molar-refractivity contribution in [3.8, 4) is 5.75 Å². The number of nitrogens with zero attached hydrogens (tertiary/aromatic N) is 2. The summed E-state index contributed by atoms with van der Waals surface area (Å²) in [6.07, 6.45) is 6.57. The maximum atomic E-state index is 12.4. The summed E-state index contributed by atoms with van der Waals surface area (Å²) in [6, 6.07) is 6.33. The number of methoxy groups -OCH3 is 1. The number of hydrogen-bond acceptors (Lipinski definition) is 5. The molecule has 0 amide bonds. The Labute approximate surface area is 141 Å². The maximum Gasteiger partial charge on any atom is 0.262 e. The highest BCUT2D eigenvalue weighted by atomic mass is 32.2. The van der Waals surface area contributed by atoms with E-state index < -0.39 is 10.0 Å². The second kappa shape index (κ2) is 7.23. The van der Waals surface area contributed by atoms with E-state index in [1.54, 1.807) is 23.0 Å². The van der Waals surface area contributed by atoms with E-state index in [-0.39, 0.29) is 11.0 Å². The molecular formula is C16H21N3O4S. The van der Waals surface area contributed by atoms with Crippen LogP contribution in [0.4, 0.5) is 5.69 Å². The van der Waals surface area contributed by atoms with E-state index in [2.05, 4.69) is 9.82 Å². The van der Waals surface area contributed by atoms with E-state index in [1.165, 1.54) is 25.4 Å². The minimum atomic E-state index is -3.68. The van der Waals surface area contributed by atoms with Gasteiger partial charge in [-0.2, -0.15) is 5.10 Å². The summed E-state index contributed by atoms with van der Waals surface area (Å²) >= 11 is 0. The van der Waals surface area contributed by atoms with Crippen LogP contribution in [-0.4, -0.2) is 38.0 Å². The fraction of sp³-hybridized carbons (Fsp3) is 0.438. The molecule has 1 saturated heterocycles. The minimum absolute atomic E-state index is 0.140. The molecule has 0 saturated carbocycles. The molecule has 0 bridgehead atoms. The molecule has 1 fully saturated rings. The largest absolute Gasteiger partial charge is 0.497 e. The van der Waals surface area contributed by atoms with Crippen LogP contribution in [0, 0.1) is 0 Å². The Morgan fingerprint density at radius 1 is 1.42 bits per heavy atom. The van der Waals surface area contributed by atoms with E-state index in [0.29, 0.717) is 18.0 Å². The van der Waals surface area contributed by atoms with Crippen molar-refractivity contribution < 1.29 is 17.9 Å².